The van der Waals surface area contributed by atoms with Crippen LogP contribution in [0.15, 0.2) is 24.5 Å². The van der Waals surface area contributed by atoms with E-state index in [1.54, 1.807) is 18.5 Å². The monoisotopic (exact) mass is 298 g/mol. The molecule has 1 amide bonds. The van der Waals surface area contributed by atoms with Gasteiger partial charge in [-0.3, -0.25) is 4.79 Å². The van der Waals surface area contributed by atoms with Crippen LogP contribution in [0.3, 0.4) is 0 Å². The molecule has 0 aromatic carbocycles. The van der Waals surface area contributed by atoms with E-state index in [0.29, 0.717) is 30.2 Å². The van der Waals surface area contributed by atoms with Gasteiger partial charge in [-0.2, -0.15) is 0 Å². The third-order valence-electron chi connectivity index (χ3n) is 3.77. The Morgan fingerprint density at radius 3 is 2.86 bits per heavy atom. The SMILES string of the molecule is CCN1c2ncc(CCO)cc2C(=O)Nc2c(C)ccnc21. The second kappa shape index (κ2) is 5.73. The summed E-state index contributed by atoms with van der Waals surface area (Å²) in [5.74, 6) is 1.10. The van der Waals surface area contributed by atoms with Crippen molar-refractivity contribution in [2.24, 2.45) is 0 Å². The quantitative estimate of drug-likeness (QED) is 0.906. The summed E-state index contributed by atoms with van der Waals surface area (Å²) in [4.78, 5) is 23.4. The third kappa shape index (κ3) is 2.31. The molecule has 2 aromatic rings. The van der Waals surface area contributed by atoms with Crippen molar-refractivity contribution in [1.29, 1.82) is 0 Å². The highest BCUT2D eigenvalue weighted by molar-refractivity contribution is 6.11. The fourth-order valence-corrected chi connectivity index (χ4v) is 2.63. The van der Waals surface area contributed by atoms with Crippen LogP contribution in [0.1, 0.15) is 28.4 Å². The average molecular weight is 298 g/mol. The Kier molecular flexibility index (Phi) is 3.77. The number of amides is 1. The van der Waals surface area contributed by atoms with E-state index in [2.05, 4.69) is 15.3 Å². The Balaban J connectivity index is 2.19. The summed E-state index contributed by atoms with van der Waals surface area (Å²) in [6.07, 6.45) is 3.91. The van der Waals surface area contributed by atoms with Crippen molar-refractivity contribution in [3.05, 3.63) is 41.2 Å². The number of nitrogens with one attached hydrogen (secondary N) is 1. The predicted octanol–water partition coefficient (Wildman–Crippen LogP) is 2.04. The molecule has 0 saturated heterocycles. The van der Waals surface area contributed by atoms with E-state index in [0.717, 1.165) is 16.8 Å². The molecule has 1 aliphatic heterocycles. The second-order valence-electron chi connectivity index (χ2n) is 5.21. The minimum Gasteiger partial charge on any atom is -0.396 e. The molecule has 0 saturated carbocycles. The maximum atomic E-state index is 12.6. The topological polar surface area (TPSA) is 78.3 Å². The number of anilines is 3. The van der Waals surface area contributed by atoms with E-state index in [9.17, 15) is 4.79 Å². The molecule has 0 unspecified atom stereocenters. The molecular formula is C16H18N4O2. The molecule has 0 fully saturated rings. The number of pyridine rings is 2. The number of aliphatic hydroxyl groups excluding tert-OH is 1. The fourth-order valence-electron chi connectivity index (χ4n) is 2.63. The molecule has 1 aliphatic rings. The molecule has 6 nitrogen and oxygen atoms in total. The fraction of sp³-hybridized carbons (Fsp3) is 0.312. The van der Waals surface area contributed by atoms with Crippen LogP contribution in [-0.4, -0.2) is 34.1 Å². The van der Waals surface area contributed by atoms with Gasteiger partial charge in [0, 0.05) is 25.5 Å². The van der Waals surface area contributed by atoms with Gasteiger partial charge in [0.2, 0.25) is 0 Å². The van der Waals surface area contributed by atoms with Crippen LogP contribution in [0.2, 0.25) is 0 Å². The molecule has 114 valence electrons. The number of aryl methyl sites for hydroxylation is 1. The van der Waals surface area contributed by atoms with Crippen LogP contribution >= 0.6 is 0 Å². The van der Waals surface area contributed by atoms with Crippen molar-refractivity contribution in [3.63, 3.8) is 0 Å². The van der Waals surface area contributed by atoms with Crippen LogP contribution in [-0.2, 0) is 6.42 Å². The van der Waals surface area contributed by atoms with Crippen LogP contribution < -0.4 is 10.2 Å². The minimum atomic E-state index is -0.199. The van der Waals surface area contributed by atoms with Crippen molar-refractivity contribution in [1.82, 2.24) is 9.97 Å². The molecule has 0 atom stereocenters. The number of aliphatic hydroxyl groups is 1. The van der Waals surface area contributed by atoms with E-state index in [4.69, 9.17) is 5.11 Å². The Morgan fingerprint density at radius 2 is 2.14 bits per heavy atom. The summed E-state index contributed by atoms with van der Waals surface area (Å²) in [6, 6.07) is 3.66. The zero-order valence-electron chi connectivity index (χ0n) is 12.6. The van der Waals surface area contributed by atoms with Gasteiger partial charge < -0.3 is 15.3 Å². The number of fused-ring (bicyclic) bond motifs is 2. The summed E-state index contributed by atoms with van der Waals surface area (Å²) in [5.41, 5.74) is 3.02. The van der Waals surface area contributed by atoms with Gasteiger partial charge in [0.25, 0.3) is 5.91 Å². The Labute approximate surface area is 128 Å². The molecule has 0 spiro atoms. The molecule has 0 radical (unpaired) electrons. The van der Waals surface area contributed by atoms with E-state index in [1.807, 2.05) is 24.8 Å². The van der Waals surface area contributed by atoms with E-state index in [-0.39, 0.29) is 12.5 Å². The highest BCUT2D eigenvalue weighted by Gasteiger charge is 2.27. The van der Waals surface area contributed by atoms with Crippen molar-refractivity contribution < 1.29 is 9.90 Å². The van der Waals surface area contributed by atoms with Crippen LogP contribution in [0.4, 0.5) is 17.3 Å². The predicted molar refractivity (Wildman–Crippen MR) is 84.6 cm³/mol. The standard InChI is InChI=1S/C16H18N4O2/c1-3-20-14-12(8-11(5-7-21)9-18-14)16(22)19-13-10(2)4-6-17-15(13)20/h4,6,8-9,21H,3,5,7H2,1-2H3,(H,19,22). The lowest BCUT2D eigenvalue weighted by atomic mass is 10.1. The summed E-state index contributed by atoms with van der Waals surface area (Å²) < 4.78 is 0. The van der Waals surface area contributed by atoms with Gasteiger partial charge in [-0.05, 0) is 43.5 Å². The van der Waals surface area contributed by atoms with Crippen molar-refractivity contribution in [2.75, 3.05) is 23.4 Å². The van der Waals surface area contributed by atoms with Gasteiger partial charge in [-0.15, -0.1) is 0 Å². The molecular weight excluding hydrogens is 280 g/mol. The van der Waals surface area contributed by atoms with E-state index in [1.165, 1.54) is 0 Å². The Bertz CT molecular complexity index is 730. The van der Waals surface area contributed by atoms with Gasteiger partial charge in [-0.1, -0.05) is 0 Å². The second-order valence-corrected chi connectivity index (χ2v) is 5.21. The maximum Gasteiger partial charge on any atom is 0.259 e. The van der Waals surface area contributed by atoms with Crippen molar-refractivity contribution in [3.8, 4) is 0 Å². The smallest absolute Gasteiger partial charge is 0.259 e. The number of aromatic nitrogens is 2. The number of carbonyl (C=O) groups excluding carboxylic acids is 1. The van der Waals surface area contributed by atoms with Gasteiger partial charge in [0.15, 0.2) is 5.82 Å². The maximum absolute atomic E-state index is 12.6. The van der Waals surface area contributed by atoms with Crippen LogP contribution in [0.25, 0.3) is 0 Å². The van der Waals surface area contributed by atoms with Gasteiger partial charge in [0.05, 0.1) is 11.3 Å². The zero-order chi connectivity index (χ0) is 15.7. The summed E-state index contributed by atoms with van der Waals surface area (Å²) in [5, 5.41) is 12.0. The Morgan fingerprint density at radius 1 is 1.32 bits per heavy atom. The average Bonchev–Trinajstić information content (AvgIpc) is 2.63. The molecule has 0 bridgehead atoms. The van der Waals surface area contributed by atoms with Crippen molar-refractivity contribution >= 4 is 23.2 Å². The number of hydrogen-bond donors (Lipinski definition) is 2. The molecule has 2 N–H and O–H groups in total. The summed E-state index contributed by atoms with van der Waals surface area (Å²) in [7, 11) is 0. The minimum absolute atomic E-state index is 0.0282. The largest absolute Gasteiger partial charge is 0.396 e. The normalized spacial score (nSPS) is 13.2. The van der Waals surface area contributed by atoms with Gasteiger partial charge in [-0.25, -0.2) is 9.97 Å². The highest BCUT2D eigenvalue weighted by Crippen LogP contribution is 2.36. The summed E-state index contributed by atoms with van der Waals surface area (Å²) in [6.45, 7) is 4.62. The van der Waals surface area contributed by atoms with Crippen LogP contribution in [0.5, 0.6) is 0 Å². The molecule has 3 rings (SSSR count). The van der Waals surface area contributed by atoms with Crippen LogP contribution in [0, 0.1) is 6.92 Å². The molecule has 2 aromatic heterocycles. The van der Waals surface area contributed by atoms with E-state index >= 15 is 0 Å². The first kappa shape index (κ1) is 14.5. The van der Waals surface area contributed by atoms with Crippen molar-refractivity contribution in [2.45, 2.75) is 20.3 Å². The van der Waals surface area contributed by atoms with Gasteiger partial charge in [0.1, 0.15) is 5.82 Å². The number of nitrogens with zero attached hydrogens (tertiary/aromatic N) is 3. The first-order chi connectivity index (χ1) is 10.7. The zero-order valence-corrected chi connectivity index (χ0v) is 12.6. The first-order valence-electron chi connectivity index (χ1n) is 7.30. The van der Waals surface area contributed by atoms with Gasteiger partial charge >= 0.3 is 0 Å². The third-order valence-corrected chi connectivity index (χ3v) is 3.77. The molecule has 22 heavy (non-hydrogen) atoms. The summed E-state index contributed by atoms with van der Waals surface area (Å²) >= 11 is 0. The Hall–Kier alpha value is -2.47. The number of hydrogen-bond acceptors (Lipinski definition) is 5. The number of rotatable bonds is 3. The highest BCUT2D eigenvalue weighted by atomic mass is 16.3. The lowest BCUT2D eigenvalue weighted by Crippen LogP contribution is -2.20. The lowest BCUT2D eigenvalue weighted by Gasteiger charge is -2.22. The van der Waals surface area contributed by atoms with E-state index < -0.39 is 0 Å². The number of carbonyl (C=O) groups is 1. The molecule has 3 heterocycles. The molecule has 6 heteroatoms. The first-order valence-corrected chi connectivity index (χ1v) is 7.30. The molecule has 0 aliphatic carbocycles. The lowest BCUT2D eigenvalue weighted by molar-refractivity contribution is 0.102.